The normalized spacial score (nSPS) is 11.5. The van der Waals surface area contributed by atoms with Crippen molar-refractivity contribution in [3.63, 3.8) is 0 Å². The minimum Gasteiger partial charge on any atom is -1.00 e. The molecule has 142 valence electrons. The van der Waals surface area contributed by atoms with Gasteiger partial charge in [-0.1, -0.05) is 65.2 Å². The first-order chi connectivity index (χ1) is 10.7. The van der Waals surface area contributed by atoms with Crippen LogP contribution in [0.5, 0.6) is 0 Å². The molecule has 0 radical (unpaired) electrons. The number of aliphatic hydroxyl groups excluding tert-OH is 1. The first-order valence-electron chi connectivity index (χ1n) is 10.1. The van der Waals surface area contributed by atoms with E-state index in [0.29, 0.717) is 6.61 Å². The van der Waals surface area contributed by atoms with Crippen LogP contribution in [0.3, 0.4) is 0 Å². The van der Waals surface area contributed by atoms with Crippen molar-refractivity contribution < 1.29 is 22.0 Å². The summed E-state index contributed by atoms with van der Waals surface area (Å²) >= 11 is 0. The van der Waals surface area contributed by atoms with E-state index < -0.39 is 0 Å². The SMILES string of the molecule is CCCCCCCC[N+](C)(CCCO)CCCCCCCC.[Cl-]. The molecule has 0 bridgehead atoms. The summed E-state index contributed by atoms with van der Waals surface area (Å²) in [5, 5.41) is 9.16. The van der Waals surface area contributed by atoms with Crippen LogP contribution in [-0.2, 0) is 0 Å². The van der Waals surface area contributed by atoms with E-state index in [4.69, 9.17) is 5.11 Å². The van der Waals surface area contributed by atoms with Crippen LogP contribution in [0.25, 0.3) is 0 Å². The summed E-state index contributed by atoms with van der Waals surface area (Å²) < 4.78 is 1.18. The molecule has 23 heavy (non-hydrogen) atoms. The fourth-order valence-electron chi connectivity index (χ4n) is 3.34. The highest BCUT2D eigenvalue weighted by Gasteiger charge is 2.19. The lowest BCUT2D eigenvalue weighted by Gasteiger charge is -2.35. The molecule has 0 unspecified atom stereocenters. The third-order valence-corrected chi connectivity index (χ3v) is 4.96. The van der Waals surface area contributed by atoms with E-state index in [1.807, 2.05) is 0 Å². The maximum absolute atomic E-state index is 9.16. The average molecular weight is 350 g/mol. The van der Waals surface area contributed by atoms with Gasteiger partial charge in [-0.25, -0.2) is 0 Å². The van der Waals surface area contributed by atoms with Gasteiger partial charge in [0.15, 0.2) is 0 Å². The van der Waals surface area contributed by atoms with Gasteiger partial charge in [0.2, 0.25) is 0 Å². The van der Waals surface area contributed by atoms with Crippen LogP contribution in [0.4, 0.5) is 0 Å². The molecule has 0 aromatic rings. The predicted octanol–water partition coefficient (Wildman–Crippen LogP) is 2.54. The van der Waals surface area contributed by atoms with E-state index in [-0.39, 0.29) is 12.4 Å². The van der Waals surface area contributed by atoms with Crippen molar-refractivity contribution in [1.29, 1.82) is 0 Å². The van der Waals surface area contributed by atoms with Gasteiger partial charge in [0.25, 0.3) is 0 Å². The van der Waals surface area contributed by atoms with Gasteiger partial charge in [-0.3, -0.25) is 0 Å². The van der Waals surface area contributed by atoms with Crippen LogP contribution in [0.15, 0.2) is 0 Å². The molecule has 0 aliphatic heterocycles. The molecule has 0 amide bonds. The summed E-state index contributed by atoms with van der Waals surface area (Å²) in [6.07, 6.45) is 17.6. The molecule has 0 rings (SSSR count). The summed E-state index contributed by atoms with van der Waals surface area (Å²) in [6.45, 7) is 8.68. The Hall–Kier alpha value is 0.210. The van der Waals surface area contributed by atoms with Gasteiger partial charge in [-0.15, -0.1) is 0 Å². The number of hydrogen-bond acceptors (Lipinski definition) is 1. The molecular weight excluding hydrogens is 306 g/mol. The second-order valence-corrected chi connectivity index (χ2v) is 7.40. The van der Waals surface area contributed by atoms with Crippen LogP contribution in [0.2, 0.25) is 0 Å². The molecule has 2 nitrogen and oxygen atoms in total. The molecule has 0 fully saturated rings. The van der Waals surface area contributed by atoms with Crippen LogP contribution < -0.4 is 12.4 Å². The summed E-state index contributed by atoms with van der Waals surface area (Å²) in [4.78, 5) is 0. The number of quaternary nitrogens is 1. The summed E-state index contributed by atoms with van der Waals surface area (Å²) in [5.41, 5.74) is 0. The smallest absolute Gasteiger partial charge is 0.0806 e. The van der Waals surface area contributed by atoms with Crippen molar-refractivity contribution in [1.82, 2.24) is 0 Å². The number of unbranched alkanes of at least 4 members (excludes halogenated alkanes) is 10. The van der Waals surface area contributed by atoms with Crippen LogP contribution in [0.1, 0.15) is 97.3 Å². The van der Waals surface area contributed by atoms with Crippen molar-refractivity contribution in [2.75, 3.05) is 33.3 Å². The number of rotatable bonds is 17. The lowest BCUT2D eigenvalue weighted by atomic mass is 10.1. The van der Waals surface area contributed by atoms with Gasteiger partial charge in [-0.2, -0.15) is 0 Å². The maximum atomic E-state index is 9.16. The van der Waals surface area contributed by atoms with Gasteiger partial charge in [-0.05, 0) is 25.7 Å². The fraction of sp³-hybridized carbons (Fsp3) is 1.00. The summed E-state index contributed by atoms with van der Waals surface area (Å²) in [5.74, 6) is 0. The molecule has 0 aliphatic carbocycles. The lowest BCUT2D eigenvalue weighted by Crippen LogP contribution is -3.00. The zero-order chi connectivity index (χ0) is 16.5. The molecule has 0 saturated carbocycles. The van der Waals surface area contributed by atoms with E-state index in [1.54, 1.807) is 0 Å². The molecule has 0 aromatic carbocycles. The first-order valence-corrected chi connectivity index (χ1v) is 10.1. The monoisotopic (exact) mass is 349 g/mol. The number of aliphatic hydroxyl groups is 1. The molecule has 0 aromatic heterocycles. The average Bonchev–Trinajstić information content (AvgIpc) is 2.52. The first kappa shape index (κ1) is 25.5. The quantitative estimate of drug-likeness (QED) is 0.316. The minimum absolute atomic E-state index is 0. The largest absolute Gasteiger partial charge is 1.00 e. The Bertz CT molecular complexity index is 208. The highest BCUT2D eigenvalue weighted by molar-refractivity contribution is 4.49. The molecular formula is C20H44ClNO. The fourth-order valence-corrected chi connectivity index (χ4v) is 3.34. The Morgan fingerprint density at radius 1 is 0.565 bits per heavy atom. The standard InChI is InChI=1S/C20H44NO.ClH/c1-4-6-8-10-12-14-17-21(3,19-16-20-22)18-15-13-11-9-7-5-2;/h22H,4-20H2,1-3H3;1H/q+1;/p-1. The Kier molecular flexibility index (Phi) is 20.5. The van der Waals surface area contributed by atoms with Crippen LogP contribution in [0, 0.1) is 0 Å². The molecule has 1 N–H and O–H groups in total. The van der Waals surface area contributed by atoms with Gasteiger partial charge in [0.05, 0.1) is 26.7 Å². The molecule has 0 saturated heterocycles. The van der Waals surface area contributed by atoms with E-state index in [1.165, 1.54) is 94.6 Å². The van der Waals surface area contributed by atoms with E-state index in [2.05, 4.69) is 20.9 Å². The van der Waals surface area contributed by atoms with Gasteiger partial charge < -0.3 is 22.0 Å². The third-order valence-electron chi connectivity index (χ3n) is 4.96. The van der Waals surface area contributed by atoms with Crippen molar-refractivity contribution in [3.8, 4) is 0 Å². The zero-order valence-corrected chi connectivity index (χ0v) is 17.0. The Morgan fingerprint density at radius 2 is 0.913 bits per heavy atom. The van der Waals surface area contributed by atoms with Gasteiger partial charge >= 0.3 is 0 Å². The summed E-state index contributed by atoms with van der Waals surface area (Å²) in [7, 11) is 2.41. The number of halogens is 1. The lowest BCUT2D eigenvalue weighted by molar-refractivity contribution is -0.910. The highest BCUT2D eigenvalue weighted by atomic mass is 35.5. The second-order valence-electron chi connectivity index (χ2n) is 7.40. The molecule has 3 heteroatoms. The molecule has 0 aliphatic rings. The summed E-state index contributed by atoms with van der Waals surface area (Å²) in [6, 6.07) is 0. The molecule has 0 atom stereocenters. The second kappa shape index (κ2) is 18.5. The number of hydrogen-bond donors (Lipinski definition) is 1. The van der Waals surface area contributed by atoms with Crippen molar-refractivity contribution >= 4 is 0 Å². The topological polar surface area (TPSA) is 20.2 Å². The zero-order valence-electron chi connectivity index (χ0n) is 16.3. The molecule has 0 heterocycles. The van der Waals surface area contributed by atoms with Gasteiger partial charge in [0.1, 0.15) is 0 Å². The Morgan fingerprint density at radius 3 is 1.30 bits per heavy atom. The van der Waals surface area contributed by atoms with E-state index in [9.17, 15) is 0 Å². The minimum atomic E-state index is 0. The maximum Gasteiger partial charge on any atom is 0.0806 e. The van der Waals surface area contributed by atoms with Gasteiger partial charge in [0, 0.05) is 13.0 Å². The highest BCUT2D eigenvalue weighted by Crippen LogP contribution is 2.14. The van der Waals surface area contributed by atoms with E-state index in [0.717, 1.165) is 13.0 Å². The third kappa shape index (κ3) is 16.8. The van der Waals surface area contributed by atoms with Crippen molar-refractivity contribution in [2.45, 2.75) is 97.3 Å². The van der Waals surface area contributed by atoms with E-state index >= 15 is 0 Å². The Labute approximate surface area is 153 Å². The molecule has 0 spiro atoms. The van der Waals surface area contributed by atoms with Crippen molar-refractivity contribution in [3.05, 3.63) is 0 Å². The predicted molar refractivity (Wildman–Crippen MR) is 99.2 cm³/mol. The van der Waals surface area contributed by atoms with Crippen LogP contribution >= 0.6 is 0 Å². The number of nitrogens with zero attached hydrogens (tertiary/aromatic N) is 1. The van der Waals surface area contributed by atoms with Crippen LogP contribution in [-0.4, -0.2) is 42.9 Å². The van der Waals surface area contributed by atoms with Crippen molar-refractivity contribution in [2.24, 2.45) is 0 Å². The Balaban J connectivity index is 0.